The first-order chi connectivity index (χ1) is 11.7. The Balaban J connectivity index is 1.73. The third-order valence-corrected chi connectivity index (χ3v) is 4.74. The van der Waals surface area contributed by atoms with Crippen molar-refractivity contribution < 1.29 is 4.42 Å². The number of halogens is 1. The van der Waals surface area contributed by atoms with E-state index in [2.05, 4.69) is 76.4 Å². The van der Waals surface area contributed by atoms with Gasteiger partial charge in [0.15, 0.2) is 5.58 Å². The summed E-state index contributed by atoms with van der Waals surface area (Å²) in [6.45, 7) is 2.14. The highest BCUT2D eigenvalue weighted by Gasteiger charge is 2.12. The van der Waals surface area contributed by atoms with Crippen molar-refractivity contribution in [1.82, 2.24) is 4.98 Å². The first-order valence-corrected chi connectivity index (χ1v) is 8.78. The summed E-state index contributed by atoms with van der Waals surface area (Å²) in [4.78, 5) is 4.66. The molecule has 0 aliphatic heterocycles. The molecule has 0 saturated heterocycles. The second-order valence-corrected chi connectivity index (χ2v) is 6.60. The fourth-order valence-corrected chi connectivity index (χ4v) is 3.39. The van der Waals surface area contributed by atoms with Gasteiger partial charge in [0, 0.05) is 5.56 Å². The summed E-state index contributed by atoms with van der Waals surface area (Å²) in [6.07, 6.45) is 0.975. The quantitative estimate of drug-likeness (QED) is 0.407. The molecule has 4 aromatic rings. The lowest BCUT2D eigenvalue weighted by Gasteiger charge is -2.02. The van der Waals surface area contributed by atoms with Crippen LogP contribution in [-0.4, -0.2) is 4.98 Å². The van der Waals surface area contributed by atoms with Crippen molar-refractivity contribution in [3.8, 4) is 22.6 Å². The van der Waals surface area contributed by atoms with Gasteiger partial charge < -0.3 is 4.42 Å². The zero-order valence-electron chi connectivity index (χ0n) is 13.3. The highest BCUT2D eigenvalue weighted by Crippen LogP contribution is 2.31. The number of hydrogen-bond donors (Lipinski definition) is 0. The predicted octanol–water partition coefficient (Wildman–Crippen LogP) is 6.49. The number of oxazole rings is 1. The van der Waals surface area contributed by atoms with E-state index in [0.717, 1.165) is 27.6 Å². The Morgan fingerprint density at radius 1 is 0.875 bits per heavy atom. The van der Waals surface area contributed by atoms with Crippen molar-refractivity contribution in [3.05, 3.63) is 76.8 Å². The van der Waals surface area contributed by atoms with Crippen LogP contribution < -0.4 is 0 Å². The van der Waals surface area contributed by atoms with Crippen LogP contribution in [0.3, 0.4) is 0 Å². The fourth-order valence-electron chi connectivity index (χ4n) is 2.81. The smallest absolute Gasteiger partial charge is 0.227 e. The number of nitrogens with zero attached hydrogens (tertiary/aromatic N) is 1. The molecule has 2 nitrogen and oxygen atoms in total. The second-order valence-electron chi connectivity index (χ2n) is 5.74. The Labute approximate surface area is 149 Å². The molecule has 0 N–H and O–H groups in total. The van der Waals surface area contributed by atoms with Crippen LogP contribution in [0, 0.1) is 0 Å². The molecule has 24 heavy (non-hydrogen) atoms. The van der Waals surface area contributed by atoms with Gasteiger partial charge in [-0.3, -0.25) is 0 Å². The lowest BCUT2D eigenvalue weighted by atomic mass is 10.0. The standard InChI is InChI=1S/C21H16BrNO/c1-2-14-12-18(22)20-19(13-14)23-21(24-20)17-10-8-16(9-11-17)15-6-4-3-5-7-15/h3-13H,2H2,1H3. The number of fused-ring (bicyclic) bond motifs is 1. The summed E-state index contributed by atoms with van der Waals surface area (Å²) in [7, 11) is 0. The van der Waals surface area contributed by atoms with Gasteiger partial charge in [0.2, 0.25) is 5.89 Å². The normalized spacial score (nSPS) is 11.1. The van der Waals surface area contributed by atoms with E-state index in [1.54, 1.807) is 0 Å². The van der Waals surface area contributed by atoms with Gasteiger partial charge in [-0.25, -0.2) is 4.98 Å². The minimum atomic E-state index is 0.651. The average Bonchev–Trinajstić information content (AvgIpc) is 3.07. The highest BCUT2D eigenvalue weighted by molar-refractivity contribution is 9.10. The van der Waals surface area contributed by atoms with Gasteiger partial charge in [-0.2, -0.15) is 0 Å². The van der Waals surface area contributed by atoms with Gasteiger partial charge in [0.25, 0.3) is 0 Å². The van der Waals surface area contributed by atoms with Gasteiger partial charge in [-0.1, -0.05) is 49.4 Å². The van der Waals surface area contributed by atoms with Crippen LogP contribution in [0.15, 0.2) is 75.6 Å². The van der Waals surface area contributed by atoms with E-state index in [4.69, 9.17) is 4.42 Å². The Hall–Kier alpha value is -2.39. The molecule has 0 bridgehead atoms. The zero-order valence-corrected chi connectivity index (χ0v) is 14.9. The van der Waals surface area contributed by atoms with Crippen molar-refractivity contribution in [3.63, 3.8) is 0 Å². The van der Waals surface area contributed by atoms with Crippen molar-refractivity contribution in [1.29, 1.82) is 0 Å². The molecule has 1 heterocycles. The number of hydrogen-bond acceptors (Lipinski definition) is 2. The minimum Gasteiger partial charge on any atom is -0.435 e. The minimum absolute atomic E-state index is 0.651. The molecule has 0 fully saturated rings. The molecule has 0 radical (unpaired) electrons. The molecule has 118 valence electrons. The maximum atomic E-state index is 5.97. The van der Waals surface area contributed by atoms with E-state index in [1.165, 1.54) is 16.7 Å². The first kappa shape index (κ1) is 15.2. The van der Waals surface area contributed by atoms with Gasteiger partial charge >= 0.3 is 0 Å². The van der Waals surface area contributed by atoms with E-state index in [1.807, 2.05) is 18.2 Å². The monoisotopic (exact) mass is 377 g/mol. The lowest BCUT2D eigenvalue weighted by Crippen LogP contribution is -1.81. The Kier molecular flexibility index (Phi) is 3.95. The van der Waals surface area contributed by atoms with Crippen molar-refractivity contribution in [2.75, 3.05) is 0 Å². The molecule has 4 rings (SSSR count). The summed E-state index contributed by atoms with van der Waals surface area (Å²) in [5.74, 6) is 0.651. The third-order valence-electron chi connectivity index (χ3n) is 4.15. The van der Waals surface area contributed by atoms with Gasteiger partial charge in [0.05, 0.1) is 4.47 Å². The summed E-state index contributed by atoms with van der Waals surface area (Å²) < 4.78 is 6.93. The van der Waals surface area contributed by atoms with Crippen LogP contribution in [0.2, 0.25) is 0 Å². The van der Waals surface area contributed by atoms with Crippen LogP contribution in [0.5, 0.6) is 0 Å². The Morgan fingerprint density at radius 2 is 1.54 bits per heavy atom. The van der Waals surface area contributed by atoms with Crippen LogP contribution in [0.25, 0.3) is 33.7 Å². The molecule has 0 unspecified atom stereocenters. The maximum absolute atomic E-state index is 5.97. The highest BCUT2D eigenvalue weighted by atomic mass is 79.9. The van der Waals surface area contributed by atoms with Gasteiger partial charge in [-0.15, -0.1) is 0 Å². The number of benzene rings is 3. The van der Waals surface area contributed by atoms with Crippen LogP contribution in [-0.2, 0) is 6.42 Å². The predicted molar refractivity (Wildman–Crippen MR) is 102 cm³/mol. The van der Waals surface area contributed by atoms with Crippen LogP contribution in [0.4, 0.5) is 0 Å². The summed E-state index contributed by atoms with van der Waals surface area (Å²) >= 11 is 3.58. The molecule has 0 spiro atoms. The van der Waals surface area contributed by atoms with E-state index >= 15 is 0 Å². The van der Waals surface area contributed by atoms with Crippen LogP contribution in [0.1, 0.15) is 12.5 Å². The second kappa shape index (κ2) is 6.25. The van der Waals surface area contributed by atoms with E-state index in [0.29, 0.717) is 5.89 Å². The summed E-state index contributed by atoms with van der Waals surface area (Å²) in [5.41, 5.74) is 6.31. The topological polar surface area (TPSA) is 26.0 Å². The van der Waals surface area contributed by atoms with E-state index in [-0.39, 0.29) is 0 Å². The molecule has 0 amide bonds. The molecular formula is C21H16BrNO. The Bertz CT molecular complexity index is 988. The van der Waals surface area contributed by atoms with Crippen molar-refractivity contribution >= 4 is 27.0 Å². The number of aromatic nitrogens is 1. The van der Waals surface area contributed by atoms with Crippen molar-refractivity contribution in [2.24, 2.45) is 0 Å². The fraction of sp³-hybridized carbons (Fsp3) is 0.0952. The molecular weight excluding hydrogens is 362 g/mol. The molecule has 3 heteroatoms. The molecule has 1 aromatic heterocycles. The van der Waals surface area contributed by atoms with Crippen LogP contribution >= 0.6 is 15.9 Å². The Morgan fingerprint density at radius 3 is 2.25 bits per heavy atom. The van der Waals surface area contributed by atoms with E-state index < -0.39 is 0 Å². The average molecular weight is 378 g/mol. The summed E-state index contributed by atoms with van der Waals surface area (Å²) in [5, 5.41) is 0. The molecule has 0 aliphatic rings. The molecule has 0 aliphatic carbocycles. The van der Waals surface area contributed by atoms with Crippen molar-refractivity contribution in [2.45, 2.75) is 13.3 Å². The zero-order chi connectivity index (χ0) is 16.5. The number of rotatable bonds is 3. The molecule has 0 atom stereocenters. The van der Waals surface area contributed by atoms with Gasteiger partial charge in [-0.05, 0) is 63.3 Å². The number of aryl methyl sites for hydroxylation is 1. The summed E-state index contributed by atoms with van der Waals surface area (Å²) in [6, 6.07) is 22.8. The molecule has 0 saturated carbocycles. The largest absolute Gasteiger partial charge is 0.435 e. The third kappa shape index (κ3) is 2.76. The molecule has 3 aromatic carbocycles. The maximum Gasteiger partial charge on any atom is 0.227 e. The first-order valence-electron chi connectivity index (χ1n) is 7.99. The van der Waals surface area contributed by atoms with E-state index in [9.17, 15) is 0 Å². The van der Waals surface area contributed by atoms with Gasteiger partial charge in [0.1, 0.15) is 5.52 Å². The SMILES string of the molecule is CCc1cc(Br)c2oc(-c3ccc(-c4ccccc4)cc3)nc2c1. The lowest BCUT2D eigenvalue weighted by molar-refractivity contribution is 0.618.